The lowest BCUT2D eigenvalue weighted by atomic mass is 10.4. The molecule has 70 valence electrons. The van der Waals surface area contributed by atoms with Gasteiger partial charge in [-0.15, -0.1) is 0 Å². The Balaban J connectivity index is 1.99. The third-order valence-corrected chi connectivity index (χ3v) is 3.59. The van der Waals surface area contributed by atoms with E-state index in [1.165, 1.54) is 0 Å². The first-order valence-electron chi connectivity index (χ1n) is 4.41. The highest BCUT2D eigenvalue weighted by Crippen LogP contribution is 2.31. The molecular formula is C9H12N2OS. The second-order valence-electron chi connectivity index (χ2n) is 3.34. The maximum atomic E-state index is 11.0. The van der Waals surface area contributed by atoms with E-state index in [9.17, 15) is 4.79 Å². The summed E-state index contributed by atoms with van der Waals surface area (Å²) in [6.07, 6.45) is 6.20. The van der Waals surface area contributed by atoms with Gasteiger partial charge in [0.2, 0.25) is 0 Å². The average Bonchev–Trinajstić information content (AvgIpc) is 2.64. The van der Waals surface area contributed by atoms with Gasteiger partial charge in [-0.2, -0.15) is 0 Å². The molecule has 1 unspecified atom stereocenters. The molecule has 1 atom stereocenters. The topological polar surface area (TPSA) is 34.9 Å². The first-order chi connectivity index (χ1) is 6.25. The molecule has 1 saturated carbocycles. The molecule has 1 aromatic heterocycles. The summed E-state index contributed by atoms with van der Waals surface area (Å²) >= 11 is 1.72. The van der Waals surface area contributed by atoms with Crippen molar-refractivity contribution in [2.24, 2.45) is 7.05 Å². The van der Waals surface area contributed by atoms with Crippen LogP contribution in [0.3, 0.4) is 0 Å². The minimum absolute atomic E-state index is 0.395. The number of hydrogen-bond acceptors (Lipinski definition) is 3. The van der Waals surface area contributed by atoms with E-state index in [-0.39, 0.29) is 0 Å². The van der Waals surface area contributed by atoms with Gasteiger partial charge in [0.25, 0.3) is 0 Å². The summed E-state index contributed by atoms with van der Waals surface area (Å²) in [5.74, 6) is 0.395. The highest BCUT2D eigenvalue weighted by atomic mass is 32.2. The van der Waals surface area contributed by atoms with Crippen LogP contribution in [0, 0.1) is 0 Å². The first-order valence-corrected chi connectivity index (χ1v) is 5.29. The standard InChI is InChI=1S/C9H12N2OS/c1-11-5-4-10-9(11)13-8-3-2-7(12)6-8/h4-5,8H,2-3,6H2,1H3. The Bertz CT molecular complexity index is 321. The van der Waals surface area contributed by atoms with Gasteiger partial charge in [-0.05, 0) is 6.42 Å². The lowest BCUT2D eigenvalue weighted by molar-refractivity contribution is -0.117. The van der Waals surface area contributed by atoms with Crippen LogP contribution in [-0.2, 0) is 11.8 Å². The fourth-order valence-corrected chi connectivity index (χ4v) is 2.65. The Morgan fingerprint density at radius 3 is 3.08 bits per heavy atom. The molecule has 0 radical (unpaired) electrons. The van der Waals surface area contributed by atoms with Crippen LogP contribution in [0.2, 0.25) is 0 Å². The number of Topliss-reactive ketones (excluding diaryl/α,β-unsaturated/α-hetero) is 1. The Morgan fingerprint density at radius 1 is 1.69 bits per heavy atom. The SMILES string of the molecule is Cn1ccnc1SC1CCC(=O)C1. The summed E-state index contributed by atoms with van der Waals surface area (Å²) in [6.45, 7) is 0. The van der Waals surface area contributed by atoms with Gasteiger partial charge in [0, 0.05) is 37.5 Å². The second kappa shape index (κ2) is 3.54. The molecule has 1 aromatic rings. The molecule has 0 saturated heterocycles. The van der Waals surface area contributed by atoms with E-state index in [4.69, 9.17) is 0 Å². The lowest BCUT2D eigenvalue weighted by Crippen LogP contribution is -1.99. The molecule has 3 nitrogen and oxygen atoms in total. The van der Waals surface area contributed by atoms with Crippen LogP contribution < -0.4 is 0 Å². The predicted molar refractivity (Wildman–Crippen MR) is 51.7 cm³/mol. The molecule has 0 bridgehead atoms. The average molecular weight is 196 g/mol. The van der Waals surface area contributed by atoms with Crippen LogP contribution >= 0.6 is 11.8 Å². The first kappa shape index (κ1) is 8.81. The van der Waals surface area contributed by atoms with Crippen LogP contribution in [0.25, 0.3) is 0 Å². The van der Waals surface area contributed by atoms with E-state index in [1.807, 2.05) is 17.8 Å². The highest BCUT2D eigenvalue weighted by Gasteiger charge is 2.23. The highest BCUT2D eigenvalue weighted by molar-refractivity contribution is 7.99. The number of rotatable bonds is 2. The molecule has 1 aliphatic carbocycles. The molecule has 2 rings (SSSR count). The van der Waals surface area contributed by atoms with Crippen LogP contribution in [0.4, 0.5) is 0 Å². The molecule has 0 N–H and O–H groups in total. The molecular weight excluding hydrogens is 184 g/mol. The van der Waals surface area contributed by atoms with E-state index in [1.54, 1.807) is 18.0 Å². The van der Waals surface area contributed by atoms with Crippen molar-refractivity contribution in [3.05, 3.63) is 12.4 Å². The van der Waals surface area contributed by atoms with Gasteiger partial charge in [0.05, 0.1) is 0 Å². The van der Waals surface area contributed by atoms with Crippen molar-refractivity contribution in [1.29, 1.82) is 0 Å². The van der Waals surface area contributed by atoms with E-state index < -0.39 is 0 Å². The zero-order chi connectivity index (χ0) is 9.26. The number of aryl methyl sites for hydroxylation is 1. The third-order valence-electron chi connectivity index (χ3n) is 2.25. The molecule has 1 fully saturated rings. The number of aromatic nitrogens is 2. The van der Waals surface area contributed by atoms with Crippen molar-refractivity contribution >= 4 is 17.5 Å². The monoisotopic (exact) mass is 196 g/mol. The van der Waals surface area contributed by atoms with Crippen LogP contribution in [0.1, 0.15) is 19.3 Å². The van der Waals surface area contributed by atoms with Gasteiger partial charge in [-0.25, -0.2) is 4.98 Å². The van der Waals surface area contributed by atoms with Crippen molar-refractivity contribution in [2.75, 3.05) is 0 Å². The smallest absolute Gasteiger partial charge is 0.167 e. The largest absolute Gasteiger partial charge is 0.329 e. The summed E-state index contributed by atoms with van der Waals surface area (Å²) in [4.78, 5) is 15.2. The van der Waals surface area contributed by atoms with E-state index >= 15 is 0 Å². The normalized spacial score (nSPS) is 22.5. The Morgan fingerprint density at radius 2 is 2.54 bits per heavy atom. The van der Waals surface area contributed by atoms with E-state index in [2.05, 4.69) is 4.98 Å². The quantitative estimate of drug-likeness (QED) is 0.721. The number of hydrogen-bond donors (Lipinski definition) is 0. The lowest BCUT2D eigenvalue weighted by Gasteiger charge is -2.06. The summed E-state index contributed by atoms with van der Waals surface area (Å²) in [5.41, 5.74) is 0. The Kier molecular flexibility index (Phi) is 2.40. The van der Waals surface area contributed by atoms with Crippen molar-refractivity contribution in [3.63, 3.8) is 0 Å². The van der Waals surface area contributed by atoms with Crippen molar-refractivity contribution < 1.29 is 4.79 Å². The molecule has 13 heavy (non-hydrogen) atoms. The predicted octanol–water partition coefficient (Wildman–Crippen LogP) is 1.63. The molecule has 4 heteroatoms. The molecule has 1 aliphatic rings. The van der Waals surface area contributed by atoms with Crippen molar-refractivity contribution in [2.45, 2.75) is 29.7 Å². The van der Waals surface area contributed by atoms with Gasteiger partial charge in [0.1, 0.15) is 5.78 Å². The molecule has 0 spiro atoms. The maximum absolute atomic E-state index is 11.0. The second-order valence-corrected chi connectivity index (χ2v) is 4.61. The van der Waals surface area contributed by atoms with Gasteiger partial charge < -0.3 is 4.57 Å². The van der Waals surface area contributed by atoms with E-state index in [0.29, 0.717) is 11.0 Å². The number of carbonyl (C=O) groups is 1. The van der Waals surface area contributed by atoms with Crippen LogP contribution in [-0.4, -0.2) is 20.6 Å². The van der Waals surface area contributed by atoms with Crippen molar-refractivity contribution in [3.8, 4) is 0 Å². The maximum Gasteiger partial charge on any atom is 0.167 e. The summed E-state index contributed by atoms with van der Waals surface area (Å²) < 4.78 is 1.99. The number of nitrogens with zero attached hydrogens (tertiary/aromatic N) is 2. The Hall–Kier alpha value is -0.770. The number of thioether (sulfide) groups is 1. The fraction of sp³-hybridized carbons (Fsp3) is 0.556. The van der Waals surface area contributed by atoms with E-state index in [0.717, 1.165) is 24.4 Å². The number of carbonyl (C=O) groups excluding carboxylic acids is 1. The van der Waals surface area contributed by atoms with Crippen LogP contribution in [0.15, 0.2) is 17.6 Å². The van der Waals surface area contributed by atoms with Gasteiger partial charge in [-0.1, -0.05) is 11.8 Å². The number of ketones is 1. The zero-order valence-corrected chi connectivity index (χ0v) is 8.38. The molecule has 1 heterocycles. The van der Waals surface area contributed by atoms with Crippen molar-refractivity contribution in [1.82, 2.24) is 9.55 Å². The van der Waals surface area contributed by atoms with Crippen LogP contribution in [0.5, 0.6) is 0 Å². The minimum atomic E-state index is 0.395. The summed E-state index contributed by atoms with van der Waals surface area (Å²) in [5, 5.41) is 1.47. The minimum Gasteiger partial charge on any atom is -0.329 e. The molecule has 0 amide bonds. The Labute approximate surface area is 81.5 Å². The third kappa shape index (κ3) is 1.94. The summed E-state index contributed by atoms with van der Waals surface area (Å²) in [7, 11) is 1.98. The fourth-order valence-electron chi connectivity index (χ4n) is 1.50. The summed E-state index contributed by atoms with van der Waals surface area (Å²) in [6, 6.07) is 0. The molecule has 0 aliphatic heterocycles. The van der Waals surface area contributed by atoms with Gasteiger partial charge >= 0.3 is 0 Å². The zero-order valence-electron chi connectivity index (χ0n) is 7.56. The van der Waals surface area contributed by atoms with Gasteiger partial charge in [0.15, 0.2) is 5.16 Å². The number of imidazole rings is 1. The van der Waals surface area contributed by atoms with Gasteiger partial charge in [-0.3, -0.25) is 4.79 Å². The molecule has 0 aromatic carbocycles.